The smallest absolute Gasteiger partial charge is 0.355 e. The van der Waals surface area contributed by atoms with Crippen LogP contribution in [0.4, 0.5) is 0 Å². The van der Waals surface area contributed by atoms with E-state index in [1.54, 1.807) is 6.92 Å². The molecular formula is C12H17N3O3S. The zero-order chi connectivity index (χ0) is 14.0. The zero-order valence-electron chi connectivity index (χ0n) is 10.7. The third-order valence-corrected chi connectivity index (χ3v) is 4.67. The van der Waals surface area contributed by atoms with Gasteiger partial charge in [-0.15, -0.1) is 11.3 Å². The number of thiazole rings is 1. The van der Waals surface area contributed by atoms with Crippen molar-refractivity contribution in [2.45, 2.75) is 32.2 Å². The first-order valence-electron chi connectivity index (χ1n) is 6.18. The summed E-state index contributed by atoms with van der Waals surface area (Å²) < 4.78 is 0. The Labute approximate surface area is 115 Å². The van der Waals surface area contributed by atoms with Crippen molar-refractivity contribution in [2.75, 3.05) is 6.54 Å². The Morgan fingerprint density at radius 2 is 2.32 bits per heavy atom. The Morgan fingerprint density at radius 1 is 1.63 bits per heavy atom. The van der Waals surface area contributed by atoms with E-state index in [9.17, 15) is 9.59 Å². The van der Waals surface area contributed by atoms with Crippen LogP contribution in [0, 0.1) is 5.41 Å². The number of carboxylic acid groups (broad SMARTS) is 1. The van der Waals surface area contributed by atoms with Crippen LogP contribution in [-0.2, 0) is 4.79 Å². The second kappa shape index (κ2) is 5.26. The molecule has 0 bridgehead atoms. The molecule has 1 fully saturated rings. The Kier molecular flexibility index (Phi) is 3.86. The van der Waals surface area contributed by atoms with Gasteiger partial charge in [0.25, 0.3) is 0 Å². The molecule has 1 saturated carbocycles. The van der Waals surface area contributed by atoms with Crippen LogP contribution in [0.1, 0.15) is 47.7 Å². The topological polar surface area (TPSA) is 105 Å². The molecule has 1 aromatic rings. The largest absolute Gasteiger partial charge is 0.476 e. The summed E-state index contributed by atoms with van der Waals surface area (Å²) in [5, 5.41) is 13.8. The second-order valence-corrected chi connectivity index (χ2v) is 5.80. The second-order valence-electron chi connectivity index (χ2n) is 4.91. The van der Waals surface area contributed by atoms with Gasteiger partial charge in [-0.3, -0.25) is 4.79 Å². The first-order valence-corrected chi connectivity index (χ1v) is 7.06. The van der Waals surface area contributed by atoms with Gasteiger partial charge in [0.1, 0.15) is 5.01 Å². The lowest BCUT2D eigenvalue weighted by atomic mass is 9.68. The molecule has 0 radical (unpaired) electrons. The lowest BCUT2D eigenvalue weighted by Gasteiger charge is -2.39. The van der Waals surface area contributed by atoms with Crippen LogP contribution in [0.25, 0.3) is 0 Å². The van der Waals surface area contributed by atoms with E-state index >= 15 is 0 Å². The fourth-order valence-corrected chi connectivity index (χ4v) is 2.92. The van der Waals surface area contributed by atoms with E-state index in [2.05, 4.69) is 10.3 Å². The minimum absolute atomic E-state index is 0.0123. The number of aromatic carboxylic acids is 1. The fraction of sp³-hybridized carbons (Fsp3) is 0.583. The van der Waals surface area contributed by atoms with Gasteiger partial charge in [0, 0.05) is 11.9 Å². The molecule has 0 aliphatic heterocycles. The molecule has 1 atom stereocenters. The van der Waals surface area contributed by atoms with Crippen LogP contribution in [0.15, 0.2) is 5.38 Å². The van der Waals surface area contributed by atoms with Crippen molar-refractivity contribution in [3.63, 3.8) is 0 Å². The maximum Gasteiger partial charge on any atom is 0.355 e. The quantitative estimate of drug-likeness (QED) is 0.751. The fourth-order valence-electron chi connectivity index (χ4n) is 2.12. The zero-order valence-corrected chi connectivity index (χ0v) is 11.5. The highest BCUT2D eigenvalue weighted by atomic mass is 32.1. The molecule has 2 rings (SSSR count). The summed E-state index contributed by atoms with van der Waals surface area (Å²) in [5.41, 5.74) is 5.26. The molecule has 1 unspecified atom stereocenters. The maximum atomic E-state index is 12.2. The van der Waals surface area contributed by atoms with Crippen LogP contribution >= 0.6 is 11.3 Å². The van der Waals surface area contributed by atoms with Crippen LogP contribution in [0.2, 0.25) is 0 Å². The minimum atomic E-state index is -1.06. The van der Waals surface area contributed by atoms with Crippen molar-refractivity contribution < 1.29 is 14.7 Å². The summed E-state index contributed by atoms with van der Waals surface area (Å²) in [7, 11) is 0. The normalized spacial score (nSPS) is 18.4. The first kappa shape index (κ1) is 14.0. The Balaban J connectivity index is 2.02. The van der Waals surface area contributed by atoms with E-state index in [1.807, 2.05) is 0 Å². The third kappa shape index (κ3) is 2.62. The minimum Gasteiger partial charge on any atom is -0.476 e. The molecule has 1 heterocycles. The van der Waals surface area contributed by atoms with Crippen LogP contribution < -0.4 is 11.1 Å². The molecule has 1 aliphatic carbocycles. The van der Waals surface area contributed by atoms with Gasteiger partial charge in [0.2, 0.25) is 5.91 Å². The van der Waals surface area contributed by atoms with Gasteiger partial charge in [-0.2, -0.15) is 0 Å². The van der Waals surface area contributed by atoms with Crippen molar-refractivity contribution >= 4 is 23.2 Å². The van der Waals surface area contributed by atoms with Crippen molar-refractivity contribution in [3.8, 4) is 0 Å². The monoisotopic (exact) mass is 283 g/mol. The van der Waals surface area contributed by atoms with E-state index in [1.165, 1.54) is 16.7 Å². The van der Waals surface area contributed by atoms with Crippen LogP contribution in [-0.4, -0.2) is 28.5 Å². The van der Waals surface area contributed by atoms with Gasteiger partial charge < -0.3 is 16.2 Å². The summed E-state index contributed by atoms with van der Waals surface area (Å²) in [6.07, 6.45) is 2.67. The van der Waals surface area contributed by atoms with Gasteiger partial charge in [-0.05, 0) is 19.8 Å². The number of rotatable bonds is 5. The van der Waals surface area contributed by atoms with E-state index < -0.39 is 11.4 Å². The van der Waals surface area contributed by atoms with Gasteiger partial charge in [0.05, 0.1) is 11.5 Å². The number of hydrogen-bond donors (Lipinski definition) is 3. The Morgan fingerprint density at radius 3 is 2.74 bits per heavy atom. The summed E-state index contributed by atoms with van der Waals surface area (Å²) in [5.74, 6) is -1.11. The molecule has 1 aromatic heterocycles. The Bertz CT molecular complexity index is 491. The van der Waals surface area contributed by atoms with E-state index in [0.717, 1.165) is 19.3 Å². The number of carboxylic acids is 1. The van der Waals surface area contributed by atoms with Crippen molar-refractivity contribution in [3.05, 3.63) is 16.1 Å². The average molecular weight is 283 g/mol. The summed E-state index contributed by atoms with van der Waals surface area (Å²) in [6, 6.07) is -0.297. The summed E-state index contributed by atoms with van der Waals surface area (Å²) >= 11 is 1.23. The van der Waals surface area contributed by atoms with E-state index in [4.69, 9.17) is 10.8 Å². The standard InChI is InChI=1S/C12H17N3O3S/c1-7(9-15-8(5-19-9)10(16)17)14-11(18)12(6-13)3-2-4-12/h5,7H,2-4,6,13H2,1H3,(H,14,18)(H,16,17). The molecule has 6 nitrogen and oxygen atoms in total. The number of carbonyl (C=O) groups is 2. The Hall–Kier alpha value is -1.47. The molecular weight excluding hydrogens is 266 g/mol. The third-order valence-electron chi connectivity index (χ3n) is 3.64. The molecule has 7 heteroatoms. The predicted molar refractivity (Wildman–Crippen MR) is 71.0 cm³/mol. The number of nitrogens with one attached hydrogen (secondary N) is 1. The molecule has 0 saturated heterocycles. The molecule has 1 amide bonds. The van der Waals surface area contributed by atoms with Gasteiger partial charge in [0.15, 0.2) is 5.69 Å². The van der Waals surface area contributed by atoms with Crippen LogP contribution in [0.3, 0.4) is 0 Å². The summed E-state index contributed by atoms with van der Waals surface area (Å²) in [4.78, 5) is 26.9. The highest BCUT2D eigenvalue weighted by molar-refractivity contribution is 7.09. The maximum absolute atomic E-state index is 12.2. The van der Waals surface area contributed by atoms with Gasteiger partial charge in [-0.1, -0.05) is 6.42 Å². The molecule has 19 heavy (non-hydrogen) atoms. The average Bonchev–Trinajstić information content (AvgIpc) is 2.77. The number of nitrogens with zero attached hydrogens (tertiary/aromatic N) is 1. The van der Waals surface area contributed by atoms with E-state index in [0.29, 0.717) is 11.6 Å². The molecule has 0 spiro atoms. The van der Waals surface area contributed by atoms with Crippen molar-refractivity contribution in [2.24, 2.45) is 11.1 Å². The number of carbonyl (C=O) groups excluding carboxylic acids is 1. The van der Waals surface area contributed by atoms with E-state index in [-0.39, 0.29) is 17.6 Å². The number of hydrogen-bond acceptors (Lipinski definition) is 5. The number of aromatic nitrogens is 1. The summed E-state index contributed by atoms with van der Waals surface area (Å²) in [6.45, 7) is 2.15. The lowest BCUT2D eigenvalue weighted by molar-refractivity contribution is -0.135. The SMILES string of the molecule is CC(NC(=O)C1(CN)CCC1)c1nc(C(=O)O)cs1. The van der Waals surface area contributed by atoms with Crippen LogP contribution in [0.5, 0.6) is 0 Å². The number of nitrogens with two attached hydrogens (primary N) is 1. The highest BCUT2D eigenvalue weighted by Crippen LogP contribution is 2.40. The van der Waals surface area contributed by atoms with Crippen molar-refractivity contribution in [1.82, 2.24) is 10.3 Å². The molecule has 0 aromatic carbocycles. The number of amides is 1. The van der Waals surface area contributed by atoms with Gasteiger partial charge >= 0.3 is 5.97 Å². The molecule has 104 valence electrons. The highest BCUT2D eigenvalue weighted by Gasteiger charge is 2.43. The van der Waals surface area contributed by atoms with Crippen molar-refractivity contribution in [1.29, 1.82) is 0 Å². The predicted octanol–water partition coefficient (Wildman–Crippen LogP) is 1.15. The lowest BCUT2D eigenvalue weighted by Crippen LogP contribution is -2.50. The first-order chi connectivity index (χ1) is 8.98. The molecule has 4 N–H and O–H groups in total. The molecule has 1 aliphatic rings. The van der Waals surface area contributed by atoms with Gasteiger partial charge in [-0.25, -0.2) is 9.78 Å².